The van der Waals surface area contributed by atoms with Gasteiger partial charge in [0, 0.05) is 24.9 Å². The van der Waals surface area contributed by atoms with Crippen molar-refractivity contribution in [3.05, 3.63) is 41.2 Å². The van der Waals surface area contributed by atoms with Crippen molar-refractivity contribution in [3.8, 4) is 0 Å². The number of halogens is 2. The van der Waals surface area contributed by atoms with E-state index in [0.717, 1.165) is 24.3 Å². The monoisotopic (exact) mass is 307 g/mol. The number of carbonyl (C=O) groups is 1. The lowest BCUT2D eigenvalue weighted by Crippen LogP contribution is -2.41. The first-order valence-corrected chi connectivity index (χ1v) is 7.11. The Bertz CT molecular complexity index is 715. The van der Waals surface area contributed by atoms with E-state index >= 15 is 0 Å². The molecule has 2 aromatic rings. The van der Waals surface area contributed by atoms with Gasteiger partial charge in [0.2, 0.25) is 0 Å². The second-order valence-corrected chi connectivity index (χ2v) is 5.17. The van der Waals surface area contributed by atoms with Crippen LogP contribution in [0.4, 0.5) is 8.78 Å². The van der Waals surface area contributed by atoms with E-state index in [9.17, 15) is 13.6 Å². The number of nitrogens with zero attached hydrogens (tertiary/aromatic N) is 4. The first-order chi connectivity index (χ1) is 10.6. The predicted octanol–water partition coefficient (Wildman–Crippen LogP) is 1.26. The average Bonchev–Trinajstić information content (AvgIpc) is 2.89. The van der Waals surface area contributed by atoms with Crippen LogP contribution in [0.1, 0.15) is 35.5 Å². The summed E-state index contributed by atoms with van der Waals surface area (Å²) in [4.78, 5) is 19.9. The normalized spacial score (nSPS) is 17.1. The number of amides is 1. The Labute approximate surface area is 125 Å². The van der Waals surface area contributed by atoms with Crippen molar-refractivity contribution in [3.63, 3.8) is 0 Å². The van der Waals surface area contributed by atoms with Crippen LogP contribution in [0.2, 0.25) is 0 Å². The molecule has 0 aromatic carbocycles. The molecular formula is C14H15F2N5O. The molecule has 3 rings (SSSR count). The van der Waals surface area contributed by atoms with Gasteiger partial charge in [0.15, 0.2) is 17.3 Å². The molecule has 0 spiro atoms. The maximum atomic E-state index is 13.6. The smallest absolute Gasteiger partial charge is 0.273 e. The van der Waals surface area contributed by atoms with Crippen LogP contribution in [0.25, 0.3) is 0 Å². The lowest BCUT2D eigenvalue weighted by Gasteiger charge is -2.23. The molecule has 0 aliphatic carbocycles. The van der Waals surface area contributed by atoms with Gasteiger partial charge >= 0.3 is 0 Å². The topological polar surface area (TPSA) is 72.7 Å². The summed E-state index contributed by atoms with van der Waals surface area (Å²) in [6.07, 6.45) is 2.96. The second kappa shape index (κ2) is 5.78. The van der Waals surface area contributed by atoms with Crippen molar-refractivity contribution < 1.29 is 13.6 Å². The quantitative estimate of drug-likeness (QED) is 0.926. The van der Waals surface area contributed by atoms with Gasteiger partial charge in [-0.2, -0.15) is 5.10 Å². The molecular weight excluding hydrogens is 292 g/mol. The third kappa shape index (κ3) is 2.81. The van der Waals surface area contributed by atoms with E-state index in [1.807, 2.05) is 6.92 Å². The Morgan fingerprint density at radius 2 is 2.32 bits per heavy atom. The SMILES string of the molecule is CCc1nc2n(n1)C[C@H](NC(=O)c1ncc(F)cc1F)CC2. The van der Waals surface area contributed by atoms with Crippen molar-refractivity contribution in [2.45, 2.75) is 38.8 Å². The van der Waals surface area contributed by atoms with E-state index in [0.29, 0.717) is 25.5 Å². The molecule has 1 aliphatic heterocycles. The second-order valence-electron chi connectivity index (χ2n) is 5.17. The standard InChI is InChI=1S/C14H15F2N5O/c1-2-11-19-12-4-3-9(7-21(12)20-11)18-14(22)13-10(16)5-8(15)6-17-13/h5-6,9H,2-4,7H2,1H3,(H,18,22)/t9-/m1/s1. The maximum absolute atomic E-state index is 13.6. The van der Waals surface area contributed by atoms with Crippen LogP contribution < -0.4 is 5.32 Å². The number of aryl methyl sites for hydroxylation is 2. The summed E-state index contributed by atoms with van der Waals surface area (Å²) in [6, 6.07) is 0.462. The van der Waals surface area contributed by atoms with Crippen LogP contribution in [0, 0.1) is 11.6 Å². The Kier molecular flexibility index (Phi) is 3.82. The maximum Gasteiger partial charge on any atom is 0.273 e. The molecule has 0 saturated carbocycles. The molecule has 0 bridgehead atoms. The molecule has 1 amide bonds. The van der Waals surface area contributed by atoms with E-state index in [2.05, 4.69) is 20.4 Å². The molecule has 3 heterocycles. The first-order valence-electron chi connectivity index (χ1n) is 7.11. The minimum Gasteiger partial charge on any atom is -0.346 e. The highest BCUT2D eigenvalue weighted by Crippen LogP contribution is 2.14. The number of fused-ring (bicyclic) bond motifs is 1. The molecule has 6 nitrogen and oxygen atoms in total. The summed E-state index contributed by atoms with van der Waals surface area (Å²) >= 11 is 0. The molecule has 0 saturated heterocycles. The molecule has 2 aromatic heterocycles. The molecule has 1 atom stereocenters. The summed E-state index contributed by atoms with van der Waals surface area (Å²) in [7, 11) is 0. The van der Waals surface area contributed by atoms with Crippen molar-refractivity contribution >= 4 is 5.91 Å². The van der Waals surface area contributed by atoms with Crippen LogP contribution >= 0.6 is 0 Å². The third-order valence-electron chi connectivity index (χ3n) is 3.58. The van der Waals surface area contributed by atoms with E-state index in [1.54, 1.807) is 4.68 Å². The predicted molar refractivity (Wildman–Crippen MR) is 73.1 cm³/mol. The van der Waals surface area contributed by atoms with Crippen LogP contribution in [0.15, 0.2) is 12.3 Å². The third-order valence-corrected chi connectivity index (χ3v) is 3.58. The molecule has 1 N–H and O–H groups in total. The summed E-state index contributed by atoms with van der Waals surface area (Å²) in [6.45, 7) is 2.46. The zero-order valence-electron chi connectivity index (χ0n) is 12.0. The molecule has 116 valence electrons. The van der Waals surface area contributed by atoms with Gasteiger partial charge in [-0.3, -0.25) is 4.79 Å². The molecule has 22 heavy (non-hydrogen) atoms. The van der Waals surface area contributed by atoms with Gasteiger partial charge in [0.25, 0.3) is 5.91 Å². The highest BCUT2D eigenvalue weighted by molar-refractivity contribution is 5.92. The van der Waals surface area contributed by atoms with E-state index < -0.39 is 23.2 Å². The summed E-state index contributed by atoms with van der Waals surface area (Å²) in [5.41, 5.74) is -0.403. The first kappa shape index (κ1) is 14.6. The van der Waals surface area contributed by atoms with Crippen LogP contribution in [-0.4, -0.2) is 31.7 Å². The van der Waals surface area contributed by atoms with Gasteiger partial charge in [-0.25, -0.2) is 23.4 Å². The number of hydrogen-bond acceptors (Lipinski definition) is 4. The minimum absolute atomic E-state index is 0.183. The van der Waals surface area contributed by atoms with E-state index in [4.69, 9.17) is 0 Å². The number of rotatable bonds is 3. The van der Waals surface area contributed by atoms with Gasteiger partial charge < -0.3 is 5.32 Å². The Balaban J connectivity index is 1.70. The molecule has 1 aliphatic rings. The minimum atomic E-state index is -0.969. The Morgan fingerprint density at radius 3 is 3.05 bits per heavy atom. The molecule has 0 fully saturated rings. The zero-order valence-corrected chi connectivity index (χ0v) is 12.0. The van der Waals surface area contributed by atoms with Gasteiger partial charge in [-0.15, -0.1) is 0 Å². The van der Waals surface area contributed by atoms with Crippen LogP contribution in [-0.2, 0) is 19.4 Å². The number of nitrogens with one attached hydrogen (secondary N) is 1. The Hall–Kier alpha value is -2.38. The number of hydrogen-bond donors (Lipinski definition) is 1. The number of carbonyl (C=O) groups excluding carboxylic acids is 1. The zero-order chi connectivity index (χ0) is 15.7. The summed E-state index contributed by atoms with van der Waals surface area (Å²) < 4.78 is 28.1. The Morgan fingerprint density at radius 1 is 1.50 bits per heavy atom. The van der Waals surface area contributed by atoms with Crippen LogP contribution in [0.5, 0.6) is 0 Å². The molecule has 0 unspecified atom stereocenters. The van der Waals surface area contributed by atoms with Crippen LogP contribution in [0.3, 0.4) is 0 Å². The largest absolute Gasteiger partial charge is 0.346 e. The summed E-state index contributed by atoms with van der Waals surface area (Å²) in [5, 5.41) is 7.05. The molecule has 8 heteroatoms. The fraction of sp³-hybridized carbons (Fsp3) is 0.429. The van der Waals surface area contributed by atoms with E-state index in [1.165, 1.54) is 0 Å². The van der Waals surface area contributed by atoms with Gasteiger partial charge in [-0.05, 0) is 6.42 Å². The van der Waals surface area contributed by atoms with Crippen molar-refractivity contribution in [1.29, 1.82) is 0 Å². The highest BCUT2D eigenvalue weighted by atomic mass is 19.1. The van der Waals surface area contributed by atoms with Gasteiger partial charge in [-0.1, -0.05) is 6.92 Å². The lowest BCUT2D eigenvalue weighted by molar-refractivity contribution is 0.0916. The van der Waals surface area contributed by atoms with Crippen molar-refractivity contribution in [2.24, 2.45) is 0 Å². The number of pyridine rings is 1. The summed E-state index contributed by atoms with van der Waals surface area (Å²) in [5.74, 6) is -0.766. The van der Waals surface area contributed by atoms with E-state index in [-0.39, 0.29) is 6.04 Å². The fourth-order valence-electron chi connectivity index (χ4n) is 2.46. The fourth-order valence-corrected chi connectivity index (χ4v) is 2.46. The average molecular weight is 307 g/mol. The number of aromatic nitrogens is 4. The molecule has 0 radical (unpaired) electrons. The van der Waals surface area contributed by atoms with Gasteiger partial charge in [0.1, 0.15) is 11.6 Å². The highest BCUT2D eigenvalue weighted by Gasteiger charge is 2.24. The lowest BCUT2D eigenvalue weighted by atomic mass is 10.1. The van der Waals surface area contributed by atoms with Crippen molar-refractivity contribution in [2.75, 3.05) is 0 Å². The van der Waals surface area contributed by atoms with Gasteiger partial charge in [0.05, 0.1) is 12.7 Å². The van der Waals surface area contributed by atoms with Crippen molar-refractivity contribution in [1.82, 2.24) is 25.1 Å².